The molecule has 0 spiro atoms. The zero-order valence-electron chi connectivity index (χ0n) is 12.4. The molecule has 0 aromatic heterocycles. The quantitative estimate of drug-likeness (QED) is 0.918. The Kier molecular flexibility index (Phi) is 4.48. The van der Waals surface area contributed by atoms with Crippen molar-refractivity contribution >= 4 is 5.91 Å². The maximum absolute atomic E-state index is 11.9. The summed E-state index contributed by atoms with van der Waals surface area (Å²) in [5.41, 5.74) is 8.21. The molecule has 2 aromatic carbocycles. The summed E-state index contributed by atoms with van der Waals surface area (Å²) in [4.78, 5) is 11.9. The molecule has 0 saturated heterocycles. The molecule has 0 aliphatic rings. The predicted molar refractivity (Wildman–Crippen MR) is 81.8 cm³/mol. The number of hydrogen-bond acceptors (Lipinski definition) is 3. The van der Waals surface area contributed by atoms with Gasteiger partial charge in [-0.25, -0.2) is 0 Å². The summed E-state index contributed by atoms with van der Waals surface area (Å²) < 4.78 is 10.5. The van der Waals surface area contributed by atoms with Gasteiger partial charge in [-0.1, -0.05) is 24.3 Å². The van der Waals surface area contributed by atoms with Crippen LogP contribution in [0.2, 0.25) is 0 Å². The first-order chi connectivity index (χ1) is 10.1. The third-order valence-electron chi connectivity index (χ3n) is 3.48. The summed E-state index contributed by atoms with van der Waals surface area (Å²) >= 11 is 0. The van der Waals surface area contributed by atoms with Gasteiger partial charge < -0.3 is 15.2 Å². The lowest BCUT2D eigenvalue weighted by molar-refractivity contribution is -0.118. The molecule has 0 heterocycles. The van der Waals surface area contributed by atoms with E-state index in [0.717, 1.165) is 22.4 Å². The molecule has 110 valence electrons. The average Bonchev–Trinajstić information content (AvgIpc) is 2.49. The van der Waals surface area contributed by atoms with Gasteiger partial charge in [0, 0.05) is 0 Å². The van der Waals surface area contributed by atoms with Gasteiger partial charge in [0.15, 0.2) is 0 Å². The number of carbonyl (C=O) groups excluding carboxylic acids is 1. The Balaban J connectivity index is 2.50. The first kappa shape index (κ1) is 14.9. The van der Waals surface area contributed by atoms with Crippen LogP contribution in [-0.4, -0.2) is 20.1 Å². The Bertz CT molecular complexity index is 652. The SMILES string of the molecule is COc1cccc(C(C(N)=O)c2ccc(C)c(OC)c2)c1. The van der Waals surface area contributed by atoms with Crippen molar-refractivity contribution in [1.29, 1.82) is 0 Å². The van der Waals surface area contributed by atoms with Gasteiger partial charge in [-0.15, -0.1) is 0 Å². The smallest absolute Gasteiger partial charge is 0.229 e. The third-order valence-corrected chi connectivity index (χ3v) is 3.48. The summed E-state index contributed by atoms with van der Waals surface area (Å²) in [6.45, 7) is 1.95. The third kappa shape index (κ3) is 3.16. The molecule has 21 heavy (non-hydrogen) atoms. The van der Waals surface area contributed by atoms with Gasteiger partial charge in [-0.3, -0.25) is 4.79 Å². The van der Waals surface area contributed by atoms with Crippen LogP contribution in [0.1, 0.15) is 22.6 Å². The second-order valence-electron chi connectivity index (χ2n) is 4.84. The Labute approximate surface area is 124 Å². The molecule has 0 fully saturated rings. The van der Waals surface area contributed by atoms with Crippen molar-refractivity contribution in [3.05, 3.63) is 59.2 Å². The highest BCUT2D eigenvalue weighted by molar-refractivity contribution is 5.86. The molecular formula is C17H19NO3. The van der Waals surface area contributed by atoms with Crippen LogP contribution in [0.15, 0.2) is 42.5 Å². The minimum atomic E-state index is -0.533. The number of amides is 1. The van der Waals surface area contributed by atoms with E-state index in [2.05, 4.69) is 0 Å². The molecule has 4 heteroatoms. The maximum atomic E-state index is 11.9. The highest BCUT2D eigenvalue weighted by Crippen LogP contribution is 2.30. The monoisotopic (exact) mass is 285 g/mol. The number of nitrogens with two attached hydrogens (primary N) is 1. The first-order valence-electron chi connectivity index (χ1n) is 6.64. The fraction of sp³-hybridized carbons (Fsp3) is 0.235. The van der Waals surface area contributed by atoms with Gasteiger partial charge >= 0.3 is 0 Å². The summed E-state index contributed by atoms with van der Waals surface area (Å²) in [6, 6.07) is 13.0. The van der Waals surface area contributed by atoms with Crippen molar-refractivity contribution in [2.24, 2.45) is 5.73 Å². The Morgan fingerprint density at radius 1 is 1.05 bits per heavy atom. The van der Waals surface area contributed by atoms with E-state index < -0.39 is 11.8 Å². The first-order valence-corrected chi connectivity index (χ1v) is 6.64. The van der Waals surface area contributed by atoms with Gasteiger partial charge in [-0.2, -0.15) is 0 Å². The predicted octanol–water partition coefficient (Wildman–Crippen LogP) is 2.63. The van der Waals surface area contributed by atoms with Crippen LogP contribution >= 0.6 is 0 Å². The number of hydrogen-bond donors (Lipinski definition) is 1. The molecule has 1 unspecified atom stereocenters. The lowest BCUT2D eigenvalue weighted by atomic mass is 9.90. The fourth-order valence-corrected chi connectivity index (χ4v) is 2.36. The summed E-state index contributed by atoms with van der Waals surface area (Å²) in [5, 5.41) is 0. The second-order valence-corrected chi connectivity index (χ2v) is 4.84. The van der Waals surface area contributed by atoms with Gasteiger partial charge in [0.05, 0.1) is 20.1 Å². The summed E-state index contributed by atoms with van der Waals surface area (Å²) in [5.74, 6) is 0.489. The van der Waals surface area contributed by atoms with E-state index in [1.165, 1.54) is 0 Å². The van der Waals surface area contributed by atoms with Gasteiger partial charge in [-0.05, 0) is 41.8 Å². The van der Waals surface area contributed by atoms with Gasteiger partial charge in [0.25, 0.3) is 0 Å². The lowest BCUT2D eigenvalue weighted by Crippen LogP contribution is -2.22. The molecule has 1 atom stereocenters. The topological polar surface area (TPSA) is 61.5 Å². The van der Waals surface area contributed by atoms with Crippen molar-refractivity contribution in [1.82, 2.24) is 0 Å². The molecule has 2 N–H and O–H groups in total. The van der Waals surface area contributed by atoms with E-state index in [0.29, 0.717) is 5.75 Å². The van der Waals surface area contributed by atoms with Crippen LogP contribution in [-0.2, 0) is 4.79 Å². The molecule has 4 nitrogen and oxygen atoms in total. The normalized spacial score (nSPS) is 11.8. The molecule has 0 bridgehead atoms. The van der Waals surface area contributed by atoms with Crippen LogP contribution in [0.3, 0.4) is 0 Å². The standard InChI is InChI=1S/C17H19NO3/c1-11-7-8-13(10-15(11)21-3)16(17(18)19)12-5-4-6-14(9-12)20-2/h4-10,16H,1-3H3,(H2,18,19). The zero-order valence-corrected chi connectivity index (χ0v) is 12.4. The minimum Gasteiger partial charge on any atom is -0.497 e. The van der Waals surface area contributed by atoms with E-state index in [1.54, 1.807) is 14.2 Å². The molecule has 2 rings (SSSR count). The summed E-state index contributed by atoms with van der Waals surface area (Å²) in [7, 11) is 3.20. The van der Waals surface area contributed by atoms with Crippen LogP contribution in [0.5, 0.6) is 11.5 Å². The maximum Gasteiger partial charge on any atom is 0.229 e. The second kappa shape index (κ2) is 6.31. The molecule has 2 aromatic rings. The Hall–Kier alpha value is -2.49. The molecule has 0 radical (unpaired) electrons. The minimum absolute atomic E-state index is 0.408. The fourth-order valence-electron chi connectivity index (χ4n) is 2.36. The van der Waals surface area contributed by atoms with E-state index in [-0.39, 0.29) is 0 Å². The number of benzene rings is 2. The molecule has 1 amide bonds. The average molecular weight is 285 g/mol. The highest BCUT2D eigenvalue weighted by Gasteiger charge is 2.21. The zero-order chi connectivity index (χ0) is 15.4. The number of carbonyl (C=O) groups is 1. The van der Waals surface area contributed by atoms with Crippen LogP contribution in [0.4, 0.5) is 0 Å². The van der Waals surface area contributed by atoms with Crippen LogP contribution < -0.4 is 15.2 Å². The number of ether oxygens (including phenoxy) is 2. The number of rotatable bonds is 5. The largest absolute Gasteiger partial charge is 0.497 e. The van der Waals surface area contributed by atoms with Crippen molar-refractivity contribution in [3.8, 4) is 11.5 Å². The van der Waals surface area contributed by atoms with E-state index in [1.807, 2.05) is 49.4 Å². The van der Waals surface area contributed by atoms with Crippen LogP contribution in [0, 0.1) is 6.92 Å². The summed E-state index contributed by atoms with van der Waals surface area (Å²) in [6.07, 6.45) is 0. The molecule has 0 aliphatic heterocycles. The highest BCUT2D eigenvalue weighted by atomic mass is 16.5. The van der Waals surface area contributed by atoms with Crippen molar-refractivity contribution < 1.29 is 14.3 Å². The van der Waals surface area contributed by atoms with Crippen molar-refractivity contribution in [2.45, 2.75) is 12.8 Å². The molecule has 0 saturated carbocycles. The van der Waals surface area contributed by atoms with E-state index in [4.69, 9.17) is 15.2 Å². The van der Waals surface area contributed by atoms with Crippen molar-refractivity contribution in [3.63, 3.8) is 0 Å². The van der Waals surface area contributed by atoms with Crippen molar-refractivity contribution in [2.75, 3.05) is 14.2 Å². The van der Waals surface area contributed by atoms with Gasteiger partial charge in [0.1, 0.15) is 11.5 Å². The number of primary amides is 1. The van der Waals surface area contributed by atoms with Crippen LogP contribution in [0.25, 0.3) is 0 Å². The Morgan fingerprint density at radius 3 is 2.38 bits per heavy atom. The number of methoxy groups -OCH3 is 2. The van der Waals surface area contributed by atoms with E-state index >= 15 is 0 Å². The molecular weight excluding hydrogens is 266 g/mol. The lowest BCUT2D eigenvalue weighted by Gasteiger charge is -2.17. The Morgan fingerprint density at radius 2 is 1.76 bits per heavy atom. The number of aryl methyl sites for hydroxylation is 1. The van der Waals surface area contributed by atoms with Gasteiger partial charge in [0.2, 0.25) is 5.91 Å². The molecule has 0 aliphatic carbocycles. The van der Waals surface area contributed by atoms with E-state index in [9.17, 15) is 4.79 Å².